The first kappa shape index (κ1) is 15.4. The van der Waals surface area contributed by atoms with Gasteiger partial charge in [-0.05, 0) is 38.4 Å². The number of anilines is 1. The number of aromatic nitrogens is 1. The van der Waals surface area contributed by atoms with Crippen molar-refractivity contribution < 1.29 is 9.21 Å². The van der Waals surface area contributed by atoms with Crippen molar-refractivity contribution in [3.8, 4) is 0 Å². The van der Waals surface area contributed by atoms with Gasteiger partial charge in [0.15, 0.2) is 5.58 Å². The summed E-state index contributed by atoms with van der Waals surface area (Å²) < 4.78 is 5.84. The molecular weight excluding hydrogens is 304 g/mol. The lowest BCUT2D eigenvalue weighted by Crippen LogP contribution is -2.42. The Labute approximate surface area is 141 Å². The molecule has 6 nitrogen and oxygen atoms in total. The van der Waals surface area contributed by atoms with E-state index in [4.69, 9.17) is 4.42 Å². The van der Waals surface area contributed by atoms with Gasteiger partial charge in [0.05, 0.1) is 0 Å². The quantitative estimate of drug-likeness (QED) is 0.932. The second kappa shape index (κ2) is 6.43. The van der Waals surface area contributed by atoms with Crippen LogP contribution in [0.4, 0.5) is 6.01 Å². The number of fused-ring (bicyclic) bond motifs is 1. The van der Waals surface area contributed by atoms with E-state index in [2.05, 4.69) is 15.2 Å². The maximum atomic E-state index is 12.7. The zero-order valence-corrected chi connectivity index (χ0v) is 14.1. The normalized spacial score (nSPS) is 22.5. The maximum Gasteiger partial charge on any atom is 0.298 e. The summed E-state index contributed by atoms with van der Waals surface area (Å²) in [5.74, 6) is 0.464. The highest BCUT2D eigenvalue weighted by Crippen LogP contribution is 2.27. The molecule has 2 aliphatic heterocycles. The first-order valence-corrected chi connectivity index (χ1v) is 8.81. The molecule has 2 aliphatic rings. The summed E-state index contributed by atoms with van der Waals surface area (Å²) in [6.45, 7) is 3.38. The minimum absolute atomic E-state index is 0.140. The lowest BCUT2D eigenvalue weighted by molar-refractivity contribution is -0.135. The number of hydrogen-bond donors (Lipinski definition) is 1. The Balaban J connectivity index is 1.37. The van der Waals surface area contributed by atoms with E-state index in [1.54, 1.807) is 0 Å². The second-order valence-corrected chi connectivity index (χ2v) is 6.78. The molecule has 128 valence electrons. The lowest BCUT2D eigenvalue weighted by Gasteiger charge is -2.32. The fourth-order valence-electron chi connectivity index (χ4n) is 3.77. The Morgan fingerprint density at radius 2 is 2.00 bits per heavy atom. The molecule has 3 heterocycles. The summed E-state index contributed by atoms with van der Waals surface area (Å²) in [7, 11) is 1.97. The number of benzene rings is 1. The standard InChI is InChI=1S/C18H24N4O2/c1-19-14-8-11-22(12-14)17(23)13-6-9-21(10-7-13)18-20-15-4-2-3-5-16(15)24-18/h2-5,13-14,19H,6-12H2,1H3/t14-/m1/s1. The molecule has 2 saturated heterocycles. The molecule has 4 rings (SSSR count). The van der Waals surface area contributed by atoms with E-state index in [0.717, 1.165) is 56.5 Å². The third-order valence-electron chi connectivity index (χ3n) is 5.31. The van der Waals surface area contributed by atoms with Crippen LogP contribution in [0.15, 0.2) is 28.7 Å². The molecule has 24 heavy (non-hydrogen) atoms. The number of carbonyl (C=O) groups excluding carboxylic acids is 1. The number of likely N-dealkylation sites (N-methyl/N-ethyl adjacent to an activating group) is 1. The zero-order chi connectivity index (χ0) is 16.5. The molecule has 6 heteroatoms. The molecule has 0 spiro atoms. The number of oxazole rings is 1. The van der Waals surface area contributed by atoms with Crippen LogP contribution in [0.5, 0.6) is 0 Å². The predicted octanol–water partition coefficient (Wildman–Crippen LogP) is 1.86. The van der Waals surface area contributed by atoms with Gasteiger partial charge in [0.1, 0.15) is 5.52 Å². The number of carbonyl (C=O) groups is 1. The van der Waals surface area contributed by atoms with Gasteiger partial charge >= 0.3 is 0 Å². The Bertz CT molecular complexity index is 688. The smallest absolute Gasteiger partial charge is 0.298 e. The monoisotopic (exact) mass is 328 g/mol. The van der Waals surface area contributed by atoms with Crippen LogP contribution in [0, 0.1) is 5.92 Å². The van der Waals surface area contributed by atoms with Crippen molar-refractivity contribution in [3.63, 3.8) is 0 Å². The van der Waals surface area contributed by atoms with Crippen molar-refractivity contribution in [3.05, 3.63) is 24.3 Å². The average Bonchev–Trinajstić information content (AvgIpc) is 3.28. The molecule has 1 atom stereocenters. The van der Waals surface area contributed by atoms with Gasteiger partial charge in [0, 0.05) is 38.1 Å². The van der Waals surface area contributed by atoms with Crippen molar-refractivity contribution in [1.29, 1.82) is 0 Å². The first-order valence-electron chi connectivity index (χ1n) is 8.81. The number of nitrogens with one attached hydrogen (secondary N) is 1. The molecule has 0 radical (unpaired) electrons. The Hall–Kier alpha value is -2.08. The molecule has 0 saturated carbocycles. The van der Waals surface area contributed by atoms with Gasteiger partial charge in [-0.25, -0.2) is 0 Å². The summed E-state index contributed by atoms with van der Waals surface area (Å²) >= 11 is 0. The van der Waals surface area contributed by atoms with Crippen LogP contribution in [0.1, 0.15) is 19.3 Å². The highest BCUT2D eigenvalue weighted by molar-refractivity contribution is 5.79. The highest BCUT2D eigenvalue weighted by Gasteiger charge is 2.33. The van der Waals surface area contributed by atoms with Crippen LogP contribution < -0.4 is 10.2 Å². The van der Waals surface area contributed by atoms with Gasteiger partial charge in [-0.3, -0.25) is 4.79 Å². The topological polar surface area (TPSA) is 61.6 Å². The van der Waals surface area contributed by atoms with Crippen molar-refractivity contribution in [2.24, 2.45) is 5.92 Å². The summed E-state index contributed by atoms with van der Waals surface area (Å²) in [4.78, 5) is 21.4. The number of nitrogens with zero attached hydrogens (tertiary/aromatic N) is 3. The predicted molar refractivity (Wildman–Crippen MR) is 93.0 cm³/mol. The molecule has 1 aromatic carbocycles. The van der Waals surface area contributed by atoms with Gasteiger partial charge < -0.3 is 19.5 Å². The van der Waals surface area contributed by atoms with Crippen molar-refractivity contribution in [2.45, 2.75) is 25.3 Å². The number of para-hydroxylation sites is 2. The number of likely N-dealkylation sites (tertiary alicyclic amines) is 1. The highest BCUT2D eigenvalue weighted by atomic mass is 16.4. The fourth-order valence-corrected chi connectivity index (χ4v) is 3.77. The minimum atomic E-state index is 0.140. The van der Waals surface area contributed by atoms with E-state index >= 15 is 0 Å². The van der Waals surface area contributed by atoms with E-state index in [1.165, 1.54) is 0 Å². The van der Waals surface area contributed by atoms with Gasteiger partial charge in [-0.2, -0.15) is 4.98 Å². The van der Waals surface area contributed by atoms with E-state index in [1.807, 2.05) is 36.2 Å². The molecule has 1 N–H and O–H groups in total. The summed E-state index contributed by atoms with van der Waals surface area (Å²) in [5, 5.41) is 3.27. The molecule has 2 aromatic rings. The number of amides is 1. The maximum absolute atomic E-state index is 12.7. The number of hydrogen-bond acceptors (Lipinski definition) is 5. The fraction of sp³-hybridized carbons (Fsp3) is 0.556. The molecule has 0 unspecified atom stereocenters. The van der Waals surface area contributed by atoms with E-state index in [-0.39, 0.29) is 5.92 Å². The number of rotatable bonds is 3. The van der Waals surface area contributed by atoms with Crippen LogP contribution in [-0.4, -0.2) is 55.1 Å². The van der Waals surface area contributed by atoms with Crippen LogP contribution in [-0.2, 0) is 4.79 Å². The third kappa shape index (κ3) is 2.86. The Morgan fingerprint density at radius 3 is 2.71 bits per heavy atom. The first-order chi connectivity index (χ1) is 11.7. The molecule has 0 bridgehead atoms. The number of piperidine rings is 1. The molecule has 1 amide bonds. The van der Waals surface area contributed by atoms with E-state index in [0.29, 0.717) is 18.0 Å². The lowest BCUT2D eigenvalue weighted by atomic mass is 9.95. The average molecular weight is 328 g/mol. The Morgan fingerprint density at radius 1 is 1.21 bits per heavy atom. The van der Waals surface area contributed by atoms with Crippen LogP contribution in [0.2, 0.25) is 0 Å². The van der Waals surface area contributed by atoms with Crippen LogP contribution >= 0.6 is 0 Å². The largest absolute Gasteiger partial charge is 0.423 e. The summed E-state index contributed by atoms with van der Waals surface area (Å²) in [6.07, 6.45) is 2.81. The van der Waals surface area contributed by atoms with Crippen molar-refractivity contribution in [2.75, 3.05) is 38.1 Å². The van der Waals surface area contributed by atoms with Crippen LogP contribution in [0.3, 0.4) is 0 Å². The minimum Gasteiger partial charge on any atom is -0.423 e. The molecule has 1 aromatic heterocycles. The molecule has 2 fully saturated rings. The van der Waals surface area contributed by atoms with Gasteiger partial charge in [-0.15, -0.1) is 0 Å². The van der Waals surface area contributed by atoms with Gasteiger partial charge in [0.2, 0.25) is 5.91 Å². The van der Waals surface area contributed by atoms with E-state index in [9.17, 15) is 4.79 Å². The van der Waals surface area contributed by atoms with Crippen molar-refractivity contribution in [1.82, 2.24) is 15.2 Å². The molecule has 0 aliphatic carbocycles. The van der Waals surface area contributed by atoms with E-state index < -0.39 is 0 Å². The van der Waals surface area contributed by atoms with Crippen molar-refractivity contribution >= 4 is 23.0 Å². The second-order valence-electron chi connectivity index (χ2n) is 6.78. The molecular formula is C18H24N4O2. The SMILES string of the molecule is CN[C@@H]1CCN(C(=O)C2CCN(c3nc4ccccc4o3)CC2)C1. The van der Waals surface area contributed by atoms with Gasteiger partial charge in [0.25, 0.3) is 6.01 Å². The Kier molecular flexibility index (Phi) is 4.14. The summed E-state index contributed by atoms with van der Waals surface area (Å²) in [6, 6.07) is 8.95. The van der Waals surface area contributed by atoms with Crippen LogP contribution in [0.25, 0.3) is 11.1 Å². The third-order valence-corrected chi connectivity index (χ3v) is 5.31. The zero-order valence-electron chi connectivity index (χ0n) is 14.1. The summed E-state index contributed by atoms with van der Waals surface area (Å²) in [5.41, 5.74) is 1.71. The van der Waals surface area contributed by atoms with Gasteiger partial charge in [-0.1, -0.05) is 12.1 Å².